The summed E-state index contributed by atoms with van der Waals surface area (Å²) in [5.74, 6) is 0. The number of nitrogens with one attached hydrogen (secondary N) is 1. The molecule has 1 aliphatic carbocycles. The van der Waals surface area contributed by atoms with E-state index in [4.69, 9.17) is 5.73 Å². The first kappa shape index (κ1) is 16.3. The zero-order chi connectivity index (χ0) is 15.5. The molecule has 0 aliphatic heterocycles. The van der Waals surface area contributed by atoms with Gasteiger partial charge in [-0.25, -0.2) is 13.1 Å². The smallest absolute Gasteiger partial charge is 0.240 e. The Kier molecular flexibility index (Phi) is 4.91. The third-order valence-electron chi connectivity index (χ3n) is 4.44. The lowest BCUT2D eigenvalue weighted by atomic mass is 9.75. The first-order valence-corrected chi connectivity index (χ1v) is 8.84. The molecule has 0 spiro atoms. The van der Waals surface area contributed by atoms with E-state index >= 15 is 0 Å². The lowest BCUT2D eigenvalue weighted by Crippen LogP contribution is -2.41. The van der Waals surface area contributed by atoms with E-state index in [2.05, 4.69) is 4.72 Å². The van der Waals surface area contributed by atoms with Crippen molar-refractivity contribution in [2.24, 2.45) is 5.41 Å². The largest absolute Gasteiger partial charge is 0.399 e. The zero-order valence-corrected chi connectivity index (χ0v) is 13.2. The van der Waals surface area contributed by atoms with Gasteiger partial charge in [0, 0.05) is 24.3 Å². The molecule has 1 fully saturated rings. The average Bonchev–Trinajstić information content (AvgIpc) is 2.49. The van der Waals surface area contributed by atoms with E-state index in [1.54, 1.807) is 19.1 Å². The second-order valence-electron chi connectivity index (χ2n) is 6.06. The molecule has 1 aromatic rings. The Hall–Kier alpha value is -1.11. The lowest BCUT2D eigenvalue weighted by Gasteiger charge is -2.35. The molecule has 0 heterocycles. The van der Waals surface area contributed by atoms with E-state index in [0.29, 0.717) is 5.69 Å². The van der Waals surface area contributed by atoms with Crippen molar-refractivity contribution in [3.63, 3.8) is 0 Å². The molecule has 118 valence electrons. The minimum atomic E-state index is -3.56. The molecule has 6 heteroatoms. The summed E-state index contributed by atoms with van der Waals surface area (Å²) in [5, 5.41) is 9.64. The van der Waals surface area contributed by atoms with Gasteiger partial charge >= 0.3 is 0 Å². The fourth-order valence-electron chi connectivity index (χ4n) is 2.84. The maximum absolute atomic E-state index is 12.4. The average molecular weight is 312 g/mol. The van der Waals surface area contributed by atoms with Crippen LogP contribution in [0.1, 0.15) is 37.7 Å². The number of benzene rings is 1. The van der Waals surface area contributed by atoms with Crippen LogP contribution in [0, 0.1) is 12.3 Å². The topological polar surface area (TPSA) is 92.4 Å². The molecule has 1 aromatic carbocycles. The first-order valence-electron chi connectivity index (χ1n) is 7.35. The molecule has 0 atom stereocenters. The summed E-state index contributed by atoms with van der Waals surface area (Å²) < 4.78 is 27.4. The minimum Gasteiger partial charge on any atom is -0.399 e. The number of sulfonamides is 1. The maximum atomic E-state index is 12.4. The van der Waals surface area contributed by atoms with E-state index in [0.717, 1.165) is 37.7 Å². The van der Waals surface area contributed by atoms with Crippen molar-refractivity contribution in [2.75, 3.05) is 18.9 Å². The molecular formula is C15H24N2O3S. The highest BCUT2D eigenvalue weighted by atomic mass is 32.2. The van der Waals surface area contributed by atoms with Crippen molar-refractivity contribution in [1.29, 1.82) is 0 Å². The summed E-state index contributed by atoms with van der Waals surface area (Å²) in [4.78, 5) is 0.220. The third-order valence-corrected chi connectivity index (χ3v) is 5.84. The highest BCUT2D eigenvalue weighted by molar-refractivity contribution is 7.89. The van der Waals surface area contributed by atoms with Gasteiger partial charge in [-0.15, -0.1) is 0 Å². The SMILES string of the molecule is Cc1cc(S(=O)(=O)NCC2(CO)CCCCC2)ccc1N. The number of aliphatic hydroxyl groups is 1. The summed E-state index contributed by atoms with van der Waals surface area (Å²) in [6.45, 7) is 2.09. The summed E-state index contributed by atoms with van der Waals surface area (Å²) in [6.07, 6.45) is 4.98. The minimum absolute atomic E-state index is 0.0241. The predicted octanol–water partition coefficient (Wildman–Crippen LogP) is 1.80. The van der Waals surface area contributed by atoms with Crippen molar-refractivity contribution in [3.05, 3.63) is 23.8 Å². The fourth-order valence-corrected chi connectivity index (χ4v) is 4.08. The van der Waals surface area contributed by atoms with Gasteiger partial charge in [-0.2, -0.15) is 0 Å². The van der Waals surface area contributed by atoms with Gasteiger partial charge in [0.1, 0.15) is 0 Å². The Labute approximate surface area is 126 Å². The summed E-state index contributed by atoms with van der Waals surface area (Å²) in [7, 11) is -3.56. The maximum Gasteiger partial charge on any atom is 0.240 e. The van der Waals surface area contributed by atoms with Crippen LogP contribution in [0.3, 0.4) is 0 Å². The normalized spacial score (nSPS) is 18.6. The fraction of sp³-hybridized carbons (Fsp3) is 0.600. The van der Waals surface area contributed by atoms with Crippen LogP contribution in [0.15, 0.2) is 23.1 Å². The lowest BCUT2D eigenvalue weighted by molar-refractivity contribution is 0.0867. The standard InChI is InChI=1S/C15H24N2O3S/c1-12-9-13(5-6-14(12)16)21(19,20)17-10-15(11-18)7-3-2-4-8-15/h5-6,9,17-18H,2-4,7-8,10-11,16H2,1H3. The number of hydrogen-bond donors (Lipinski definition) is 3. The molecule has 1 saturated carbocycles. The van der Waals surface area contributed by atoms with Crippen LogP contribution in [0.5, 0.6) is 0 Å². The quantitative estimate of drug-likeness (QED) is 0.723. The van der Waals surface area contributed by atoms with Gasteiger partial charge in [0.2, 0.25) is 10.0 Å². The number of aryl methyl sites for hydroxylation is 1. The number of rotatable bonds is 5. The van der Waals surface area contributed by atoms with Gasteiger partial charge in [0.15, 0.2) is 0 Å². The van der Waals surface area contributed by atoms with Crippen LogP contribution in [0.2, 0.25) is 0 Å². The van der Waals surface area contributed by atoms with E-state index in [1.165, 1.54) is 6.07 Å². The predicted molar refractivity (Wildman–Crippen MR) is 83.4 cm³/mol. The number of nitrogen functional groups attached to an aromatic ring is 1. The van der Waals surface area contributed by atoms with Crippen molar-refractivity contribution >= 4 is 15.7 Å². The molecule has 0 aromatic heterocycles. The molecule has 21 heavy (non-hydrogen) atoms. The number of hydrogen-bond acceptors (Lipinski definition) is 4. The number of anilines is 1. The summed E-state index contributed by atoms with van der Waals surface area (Å²) in [5.41, 5.74) is 6.73. The second kappa shape index (κ2) is 6.34. The molecule has 0 amide bonds. The highest BCUT2D eigenvalue weighted by Gasteiger charge is 2.32. The van der Waals surface area contributed by atoms with Crippen LogP contribution in [-0.4, -0.2) is 26.7 Å². The molecule has 4 N–H and O–H groups in total. The molecular weight excluding hydrogens is 288 g/mol. The Morgan fingerprint density at radius 1 is 1.29 bits per heavy atom. The Bertz CT molecular complexity index is 593. The van der Waals surface area contributed by atoms with Crippen LogP contribution < -0.4 is 10.5 Å². The Balaban J connectivity index is 2.11. The molecule has 0 unspecified atom stereocenters. The van der Waals surface area contributed by atoms with Crippen LogP contribution in [0.25, 0.3) is 0 Å². The first-order chi connectivity index (χ1) is 9.88. The monoisotopic (exact) mass is 312 g/mol. The van der Waals surface area contributed by atoms with Gasteiger partial charge in [-0.05, 0) is 43.5 Å². The molecule has 5 nitrogen and oxygen atoms in total. The Morgan fingerprint density at radius 2 is 1.95 bits per heavy atom. The number of nitrogens with two attached hydrogens (primary N) is 1. The van der Waals surface area contributed by atoms with E-state index in [9.17, 15) is 13.5 Å². The molecule has 0 bridgehead atoms. The number of aliphatic hydroxyl groups excluding tert-OH is 1. The van der Waals surface area contributed by atoms with Gasteiger partial charge in [0.25, 0.3) is 0 Å². The van der Waals surface area contributed by atoms with Crippen LogP contribution in [-0.2, 0) is 10.0 Å². The van der Waals surface area contributed by atoms with E-state index in [-0.39, 0.29) is 23.5 Å². The molecule has 1 aliphatic rings. The highest BCUT2D eigenvalue weighted by Crippen LogP contribution is 2.35. The Morgan fingerprint density at radius 3 is 2.52 bits per heavy atom. The second-order valence-corrected chi connectivity index (χ2v) is 7.83. The van der Waals surface area contributed by atoms with Crippen molar-refractivity contribution < 1.29 is 13.5 Å². The van der Waals surface area contributed by atoms with Gasteiger partial charge in [0.05, 0.1) is 4.90 Å². The van der Waals surface area contributed by atoms with Gasteiger partial charge < -0.3 is 10.8 Å². The van der Waals surface area contributed by atoms with Gasteiger partial charge in [-0.3, -0.25) is 0 Å². The summed E-state index contributed by atoms with van der Waals surface area (Å²) >= 11 is 0. The molecule has 2 rings (SSSR count). The zero-order valence-electron chi connectivity index (χ0n) is 12.4. The third kappa shape index (κ3) is 3.75. The summed E-state index contributed by atoms with van der Waals surface area (Å²) in [6, 6.07) is 4.69. The van der Waals surface area contributed by atoms with Crippen molar-refractivity contribution in [1.82, 2.24) is 4.72 Å². The van der Waals surface area contributed by atoms with Crippen LogP contribution in [0.4, 0.5) is 5.69 Å². The van der Waals surface area contributed by atoms with E-state index < -0.39 is 10.0 Å². The van der Waals surface area contributed by atoms with Gasteiger partial charge in [-0.1, -0.05) is 19.3 Å². The van der Waals surface area contributed by atoms with Crippen molar-refractivity contribution in [2.45, 2.75) is 43.9 Å². The molecule has 0 radical (unpaired) electrons. The van der Waals surface area contributed by atoms with Crippen molar-refractivity contribution in [3.8, 4) is 0 Å². The van der Waals surface area contributed by atoms with E-state index in [1.807, 2.05) is 0 Å². The molecule has 0 saturated heterocycles. The van der Waals surface area contributed by atoms with Crippen LogP contribution >= 0.6 is 0 Å².